The highest BCUT2D eigenvalue weighted by Crippen LogP contribution is 2.35. The molecule has 0 unspecified atom stereocenters. The summed E-state index contributed by atoms with van der Waals surface area (Å²) in [5.74, 6) is -1.02. The SMILES string of the molecule is O=C(O)CCC(=O)N1CCC2(CC1)CC(Cc1ccccc1)=NO2. The van der Waals surface area contributed by atoms with Gasteiger partial charge in [-0.2, -0.15) is 0 Å². The minimum absolute atomic E-state index is 0.0684. The zero-order valence-electron chi connectivity index (χ0n) is 13.6. The summed E-state index contributed by atoms with van der Waals surface area (Å²) in [6.07, 6.45) is 3.05. The van der Waals surface area contributed by atoms with Crippen molar-refractivity contribution in [2.75, 3.05) is 13.1 Å². The summed E-state index contributed by atoms with van der Waals surface area (Å²) in [6.45, 7) is 1.21. The summed E-state index contributed by atoms with van der Waals surface area (Å²) in [5.41, 5.74) is 1.98. The first-order chi connectivity index (χ1) is 11.6. The average Bonchev–Trinajstić information content (AvgIpc) is 2.96. The molecule has 0 radical (unpaired) electrons. The smallest absolute Gasteiger partial charge is 0.303 e. The number of carbonyl (C=O) groups excluding carboxylic acids is 1. The van der Waals surface area contributed by atoms with Gasteiger partial charge in [0.15, 0.2) is 0 Å². The van der Waals surface area contributed by atoms with Crippen LogP contribution in [0.5, 0.6) is 0 Å². The number of carboxylic acid groups (broad SMARTS) is 1. The number of carboxylic acids is 1. The van der Waals surface area contributed by atoms with Gasteiger partial charge in [0, 0.05) is 45.2 Å². The van der Waals surface area contributed by atoms with E-state index in [4.69, 9.17) is 9.94 Å². The molecule has 1 aromatic carbocycles. The summed E-state index contributed by atoms with van der Waals surface area (Å²) >= 11 is 0. The molecule has 0 bridgehead atoms. The molecule has 1 fully saturated rings. The summed E-state index contributed by atoms with van der Waals surface area (Å²) in [6, 6.07) is 10.2. The monoisotopic (exact) mass is 330 g/mol. The number of rotatable bonds is 5. The van der Waals surface area contributed by atoms with Crippen molar-refractivity contribution in [2.24, 2.45) is 5.16 Å². The molecule has 1 spiro atoms. The molecule has 3 rings (SSSR count). The zero-order valence-corrected chi connectivity index (χ0v) is 13.6. The third-order valence-electron chi connectivity index (χ3n) is 4.73. The lowest BCUT2D eigenvalue weighted by Crippen LogP contribution is -2.46. The van der Waals surface area contributed by atoms with Crippen LogP contribution in [0.15, 0.2) is 35.5 Å². The Hall–Kier alpha value is -2.37. The third kappa shape index (κ3) is 3.93. The minimum atomic E-state index is -0.935. The molecule has 24 heavy (non-hydrogen) atoms. The van der Waals surface area contributed by atoms with Crippen LogP contribution in [0.1, 0.15) is 37.7 Å². The van der Waals surface area contributed by atoms with Crippen molar-refractivity contribution in [3.8, 4) is 0 Å². The molecule has 2 heterocycles. The first kappa shape index (κ1) is 16.5. The van der Waals surface area contributed by atoms with Crippen LogP contribution in [-0.4, -0.2) is 46.3 Å². The number of carbonyl (C=O) groups is 2. The largest absolute Gasteiger partial charge is 0.481 e. The number of benzene rings is 1. The van der Waals surface area contributed by atoms with Crippen LogP contribution in [0.25, 0.3) is 0 Å². The first-order valence-corrected chi connectivity index (χ1v) is 8.34. The Morgan fingerprint density at radius 3 is 2.54 bits per heavy atom. The predicted molar refractivity (Wildman–Crippen MR) is 88.7 cm³/mol. The quantitative estimate of drug-likeness (QED) is 0.898. The van der Waals surface area contributed by atoms with Crippen molar-refractivity contribution in [2.45, 2.75) is 44.1 Å². The second-order valence-electron chi connectivity index (χ2n) is 6.55. The fourth-order valence-corrected chi connectivity index (χ4v) is 3.33. The second kappa shape index (κ2) is 7.03. The molecule has 1 saturated heterocycles. The van der Waals surface area contributed by atoms with Gasteiger partial charge in [0.05, 0.1) is 12.1 Å². The minimum Gasteiger partial charge on any atom is -0.481 e. The van der Waals surface area contributed by atoms with Crippen LogP contribution in [0.3, 0.4) is 0 Å². The third-order valence-corrected chi connectivity index (χ3v) is 4.73. The molecule has 1 aromatic rings. The molecule has 0 saturated carbocycles. The fraction of sp³-hybridized carbons (Fsp3) is 0.500. The lowest BCUT2D eigenvalue weighted by atomic mass is 9.85. The Balaban J connectivity index is 1.48. The molecule has 0 aliphatic carbocycles. The predicted octanol–water partition coefficient (Wildman–Crippen LogP) is 2.23. The molecule has 0 atom stereocenters. The maximum absolute atomic E-state index is 12.0. The van der Waals surface area contributed by atoms with E-state index in [0.717, 1.165) is 31.4 Å². The highest BCUT2D eigenvalue weighted by atomic mass is 16.7. The van der Waals surface area contributed by atoms with E-state index >= 15 is 0 Å². The number of nitrogens with zero attached hydrogens (tertiary/aromatic N) is 2. The van der Waals surface area contributed by atoms with E-state index in [2.05, 4.69) is 17.3 Å². The highest BCUT2D eigenvalue weighted by molar-refractivity contribution is 5.88. The maximum atomic E-state index is 12.0. The standard InChI is InChI=1S/C18H22N2O4/c21-16(6-7-17(22)23)20-10-8-18(9-11-20)13-15(19-24-18)12-14-4-2-1-3-5-14/h1-5H,6-13H2,(H,22,23). The lowest BCUT2D eigenvalue weighted by molar-refractivity contribution is -0.143. The van der Waals surface area contributed by atoms with Crippen molar-refractivity contribution in [1.29, 1.82) is 0 Å². The van der Waals surface area contributed by atoms with E-state index in [0.29, 0.717) is 13.1 Å². The number of amides is 1. The number of hydrogen-bond acceptors (Lipinski definition) is 4. The Labute approximate surface area is 141 Å². The number of aliphatic carboxylic acids is 1. The van der Waals surface area contributed by atoms with Gasteiger partial charge < -0.3 is 14.8 Å². The number of piperidine rings is 1. The van der Waals surface area contributed by atoms with Gasteiger partial charge in [0.1, 0.15) is 5.60 Å². The number of likely N-dealkylation sites (tertiary alicyclic amines) is 1. The molecule has 2 aliphatic heterocycles. The van der Waals surface area contributed by atoms with Crippen LogP contribution in [0.2, 0.25) is 0 Å². The van der Waals surface area contributed by atoms with E-state index in [1.807, 2.05) is 18.2 Å². The summed E-state index contributed by atoms with van der Waals surface area (Å²) in [7, 11) is 0. The molecule has 128 valence electrons. The van der Waals surface area contributed by atoms with Crippen molar-refractivity contribution >= 4 is 17.6 Å². The Kier molecular flexibility index (Phi) is 4.83. The van der Waals surface area contributed by atoms with Crippen LogP contribution in [-0.2, 0) is 20.8 Å². The van der Waals surface area contributed by atoms with E-state index < -0.39 is 5.97 Å². The Morgan fingerprint density at radius 1 is 1.17 bits per heavy atom. The van der Waals surface area contributed by atoms with Crippen molar-refractivity contribution in [3.63, 3.8) is 0 Å². The second-order valence-corrected chi connectivity index (χ2v) is 6.55. The Bertz CT molecular complexity index is 634. The molecular formula is C18H22N2O4. The van der Waals surface area contributed by atoms with E-state index in [1.54, 1.807) is 4.90 Å². The van der Waals surface area contributed by atoms with Gasteiger partial charge in [-0.3, -0.25) is 9.59 Å². The van der Waals surface area contributed by atoms with Gasteiger partial charge in [0.25, 0.3) is 0 Å². The van der Waals surface area contributed by atoms with E-state index in [9.17, 15) is 9.59 Å². The summed E-state index contributed by atoms with van der Waals surface area (Å²) in [4.78, 5) is 30.1. The fourth-order valence-electron chi connectivity index (χ4n) is 3.33. The molecule has 6 heteroatoms. The number of oxime groups is 1. The normalized spacial score (nSPS) is 19.0. The van der Waals surface area contributed by atoms with Gasteiger partial charge in [0.2, 0.25) is 5.91 Å². The van der Waals surface area contributed by atoms with E-state index in [1.165, 1.54) is 5.56 Å². The maximum Gasteiger partial charge on any atom is 0.303 e. The van der Waals surface area contributed by atoms with E-state index in [-0.39, 0.29) is 24.3 Å². The van der Waals surface area contributed by atoms with Gasteiger partial charge in [-0.1, -0.05) is 35.5 Å². The van der Waals surface area contributed by atoms with Gasteiger partial charge in [-0.15, -0.1) is 0 Å². The van der Waals surface area contributed by atoms with Gasteiger partial charge >= 0.3 is 5.97 Å². The molecule has 0 aromatic heterocycles. The van der Waals surface area contributed by atoms with Crippen molar-refractivity contribution in [3.05, 3.63) is 35.9 Å². The van der Waals surface area contributed by atoms with Gasteiger partial charge in [-0.25, -0.2) is 0 Å². The first-order valence-electron chi connectivity index (χ1n) is 8.34. The highest BCUT2D eigenvalue weighted by Gasteiger charge is 2.42. The topological polar surface area (TPSA) is 79.2 Å². The molecule has 6 nitrogen and oxygen atoms in total. The summed E-state index contributed by atoms with van der Waals surface area (Å²) in [5, 5.41) is 12.9. The Morgan fingerprint density at radius 2 is 1.88 bits per heavy atom. The van der Waals surface area contributed by atoms with Crippen molar-refractivity contribution < 1.29 is 19.5 Å². The van der Waals surface area contributed by atoms with Crippen LogP contribution >= 0.6 is 0 Å². The van der Waals surface area contributed by atoms with Crippen molar-refractivity contribution in [1.82, 2.24) is 4.90 Å². The molecule has 2 aliphatic rings. The zero-order chi connectivity index (χ0) is 17.0. The van der Waals surface area contributed by atoms with Crippen LogP contribution in [0, 0.1) is 0 Å². The van der Waals surface area contributed by atoms with Crippen LogP contribution < -0.4 is 0 Å². The molecule has 1 amide bonds. The molecular weight excluding hydrogens is 308 g/mol. The molecule has 1 N–H and O–H groups in total. The van der Waals surface area contributed by atoms with Gasteiger partial charge in [-0.05, 0) is 5.56 Å². The summed E-state index contributed by atoms with van der Waals surface area (Å²) < 4.78 is 0. The van der Waals surface area contributed by atoms with Crippen LogP contribution in [0.4, 0.5) is 0 Å². The lowest BCUT2D eigenvalue weighted by Gasteiger charge is -2.37. The average molecular weight is 330 g/mol. The number of hydrogen-bond donors (Lipinski definition) is 1.